The average Bonchev–Trinajstić information content (AvgIpc) is 2.26. The Labute approximate surface area is 112 Å². The Balaban J connectivity index is 3.00. The number of aliphatic hydroxyl groups is 1. The maximum Gasteiger partial charge on any atom is 0.295 e. The molecule has 1 atom stereocenters. The van der Waals surface area contributed by atoms with Crippen molar-refractivity contribution in [3.05, 3.63) is 32.3 Å². The van der Waals surface area contributed by atoms with Gasteiger partial charge in [-0.15, -0.1) is 11.6 Å². The predicted molar refractivity (Wildman–Crippen MR) is 68.3 cm³/mol. The van der Waals surface area contributed by atoms with Crippen molar-refractivity contribution in [2.75, 3.05) is 17.7 Å². The number of nitrogens with zero attached hydrogens (tertiary/aromatic N) is 1. The van der Waals surface area contributed by atoms with Crippen LogP contribution in [0.2, 0.25) is 10.0 Å². The summed E-state index contributed by atoms with van der Waals surface area (Å²) in [5.74, 6) is 0.0198. The van der Waals surface area contributed by atoms with Gasteiger partial charge in [-0.05, 0) is 6.07 Å². The van der Waals surface area contributed by atoms with Gasteiger partial charge in [0.05, 0.1) is 21.9 Å². The van der Waals surface area contributed by atoms with Crippen LogP contribution in [0.4, 0.5) is 11.4 Å². The van der Waals surface area contributed by atoms with Gasteiger partial charge in [-0.25, -0.2) is 0 Å². The van der Waals surface area contributed by atoms with Gasteiger partial charge in [0, 0.05) is 17.6 Å². The van der Waals surface area contributed by atoms with E-state index >= 15 is 0 Å². The normalized spacial score (nSPS) is 12.2. The van der Waals surface area contributed by atoms with Crippen molar-refractivity contribution in [3.63, 3.8) is 0 Å². The van der Waals surface area contributed by atoms with Crippen LogP contribution >= 0.6 is 34.8 Å². The molecule has 17 heavy (non-hydrogen) atoms. The van der Waals surface area contributed by atoms with Gasteiger partial charge in [-0.3, -0.25) is 10.1 Å². The molecular formula is C9H9Cl3N2O3. The zero-order valence-electron chi connectivity index (χ0n) is 8.49. The van der Waals surface area contributed by atoms with Gasteiger partial charge in [-0.1, -0.05) is 23.2 Å². The fourth-order valence-corrected chi connectivity index (χ4v) is 1.81. The second kappa shape index (κ2) is 6.26. The third-order valence-corrected chi connectivity index (χ3v) is 2.80. The summed E-state index contributed by atoms with van der Waals surface area (Å²) in [6.45, 7) is 0.0612. The van der Waals surface area contributed by atoms with Gasteiger partial charge in [0.15, 0.2) is 0 Å². The molecule has 94 valence electrons. The quantitative estimate of drug-likeness (QED) is 0.498. The van der Waals surface area contributed by atoms with Crippen LogP contribution in [0.3, 0.4) is 0 Å². The van der Waals surface area contributed by atoms with E-state index in [1.807, 2.05) is 0 Å². The third kappa shape index (κ3) is 3.89. The van der Waals surface area contributed by atoms with Crippen LogP contribution in [0.15, 0.2) is 12.1 Å². The summed E-state index contributed by atoms with van der Waals surface area (Å²) >= 11 is 16.9. The number of alkyl halides is 1. The highest BCUT2D eigenvalue weighted by Crippen LogP contribution is 2.35. The van der Waals surface area contributed by atoms with Gasteiger partial charge in [0.2, 0.25) is 0 Å². The summed E-state index contributed by atoms with van der Waals surface area (Å²) in [7, 11) is 0. The van der Waals surface area contributed by atoms with Crippen LogP contribution in [-0.4, -0.2) is 28.6 Å². The fourth-order valence-electron chi connectivity index (χ4n) is 1.15. The van der Waals surface area contributed by atoms with Crippen molar-refractivity contribution < 1.29 is 10.0 Å². The van der Waals surface area contributed by atoms with Crippen LogP contribution in [-0.2, 0) is 0 Å². The summed E-state index contributed by atoms with van der Waals surface area (Å²) in [5, 5.41) is 23.0. The maximum atomic E-state index is 10.8. The van der Waals surface area contributed by atoms with E-state index in [9.17, 15) is 15.2 Å². The number of hydrogen-bond acceptors (Lipinski definition) is 4. The minimum Gasteiger partial charge on any atom is -0.390 e. The molecule has 8 heteroatoms. The van der Waals surface area contributed by atoms with Crippen molar-refractivity contribution >= 4 is 46.2 Å². The summed E-state index contributed by atoms with van der Waals surface area (Å²) in [6.07, 6.45) is -0.817. The SMILES string of the molecule is O=[N+]([O-])c1cc(Cl)cc(Cl)c1NCC(O)CCl. The molecule has 0 aromatic heterocycles. The van der Waals surface area contributed by atoms with Crippen LogP contribution < -0.4 is 5.32 Å². The molecule has 0 amide bonds. The first-order valence-corrected chi connectivity index (χ1v) is 5.86. The molecule has 0 saturated carbocycles. The zero-order valence-corrected chi connectivity index (χ0v) is 10.8. The molecule has 2 N–H and O–H groups in total. The van der Waals surface area contributed by atoms with E-state index in [0.717, 1.165) is 0 Å². The largest absolute Gasteiger partial charge is 0.390 e. The van der Waals surface area contributed by atoms with Gasteiger partial charge >= 0.3 is 0 Å². The van der Waals surface area contributed by atoms with Crippen molar-refractivity contribution in [2.24, 2.45) is 0 Å². The number of nitrogens with one attached hydrogen (secondary N) is 1. The Bertz CT molecular complexity index is 428. The minimum absolute atomic E-state index is 0.0198. The van der Waals surface area contributed by atoms with E-state index in [0.29, 0.717) is 0 Å². The predicted octanol–water partition coefficient (Wildman–Crippen LogP) is 2.91. The van der Waals surface area contributed by atoms with Crippen LogP contribution in [0.1, 0.15) is 0 Å². The molecule has 1 aromatic rings. The molecule has 0 aliphatic carbocycles. The number of nitro benzene ring substituents is 1. The van der Waals surface area contributed by atoms with Gasteiger partial charge < -0.3 is 10.4 Å². The molecule has 1 rings (SSSR count). The molecule has 0 aliphatic rings. The number of aliphatic hydroxyl groups excluding tert-OH is 1. The molecular weight excluding hydrogens is 290 g/mol. The molecule has 0 heterocycles. The molecule has 0 saturated heterocycles. The summed E-state index contributed by atoms with van der Waals surface area (Å²) in [6, 6.07) is 2.56. The lowest BCUT2D eigenvalue weighted by Crippen LogP contribution is -2.21. The number of anilines is 1. The highest BCUT2D eigenvalue weighted by atomic mass is 35.5. The first-order valence-electron chi connectivity index (χ1n) is 4.57. The summed E-state index contributed by atoms with van der Waals surface area (Å²) in [4.78, 5) is 10.2. The number of rotatable bonds is 5. The van der Waals surface area contributed by atoms with Crippen molar-refractivity contribution in [2.45, 2.75) is 6.10 Å². The summed E-state index contributed by atoms with van der Waals surface area (Å²) < 4.78 is 0. The third-order valence-electron chi connectivity index (χ3n) is 1.92. The maximum absolute atomic E-state index is 10.8. The Hall–Kier alpha value is -0.750. The average molecular weight is 300 g/mol. The van der Waals surface area contributed by atoms with E-state index in [4.69, 9.17) is 34.8 Å². The first kappa shape index (κ1) is 14.3. The zero-order chi connectivity index (χ0) is 13.0. The second-order valence-corrected chi connectivity index (χ2v) is 4.38. The summed E-state index contributed by atoms with van der Waals surface area (Å²) in [5.41, 5.74) is -0.130. The van der Waals surface area contributed by atoms with E-state index in [1.54, 1.807) is 0 Å². The van der Waals surface area contributed by atoms with Crippen LogP contribution in [0.25, 0.3) is 0 Å². The van der Waals surface area contributed by atoms with Gasteiger partial charge in [-0.2, -0.15) is 0 Å². The van der Waals surface area contributed by atoms with E-state index in [1.165, 1.54) is 12.1 Å². The van der Waals surface area contributed by atoms with Gasteiger partial charge in [0.25, 0.3) is 5.69 Å². The van der Waals surface area contributed by atoms with E-state index in [2.05, 4.69) is 5.32 Å². The van der Waals surface area contributed by atoms with Crippen molar-refractivity contribution in [3.8, 4) is 0 Å². The molecule has 0 spiro atoms. The molecule has 1 aromatic carbocycles. The lowest BCUT2D eigenvalue weighted by molar-refractivity contribution is -0.383. The standard InChI is InChI=1S/C9H9Cl3N2O3/c10-3-6(15)4-13-9-7(12)1-5(11)2-8(9)14(16)17/h1-2,6,13,15H,3-4H2. The molecule has 1 unspecified atom stereocenters. The smallest absolute Gasteiger partial charge is 0.295 e. The van der Waals surface area contributed by atoms with Crippen molar-refractivity contribution in [1.82, 2.24) is 0 Å². The lowest BCUT2D eigenvalue weighted by Gasteiger charge is -2.11. The second-order valence-electron chi connectivity index (χ2n) is 3.23. The number of benzene rings is 1. The molecule has 0 fully saturated rings. The fraction of sp³-hybridized carbons (Fsp3) is 0.333. The van der Waals surface area contributed by atoms with E-state index < -0.39 is 11.0 Å². The van der Waals surface area contributed by atoms with Crippen LogP contribution in [0.5, 0.6) is 0 Å². The van der Waals surface area contributed by atoms with E-state index in [-0.39, 0.29) is 33.8 Å². The monoisotopic (exact) mass is 298 g/mol. The number of halogens is 3. The highest BCUT2D eigenvalue weighted by Gasteiger charge is 2.19. The Morgan fingerprint density at radius 3 is 2.65 bits per heavy atom. The Morgan fingerprint density at radius 2 is 2.12 bits per heavy atom. The first-order chi connectivity index (χ1) is 7.95. The minimum atomic E-state index is -0.817. The van der Waals surface area contributed by atoms with Crippen LogP contribution in [0, 0.1) is 10.1 Å². The lowest BCUT2D eigenvalue weighted by atomic mass is 10.2. The van der Waals surface area contributed by atoms with Crippen molar-refractivity contribution in [1.29, 1.82) is 0 Å². The Morgan fingerprint density at radius 1 is 1.47 bits per heavy atom. The molecule has 0 bridgehead atoms. The van der Waals surface area contributed by atoms with Gasteiger partial charge in [0.1, 0.15) is 5.69 Å². The highest BCUT2D eigenvalue weighted by molar-refractivity contribution is 6.37. The topological polar surface area (TPSA) is 75.4 Å². The molecule has 0 aliphatic heterocycles. The Kier molecular flexibility index (Phi) is 5.27. The number of hydrogen-bond donors (Lipinski definition) is 2. The number of nitro groups is 1. The molecule has 0 radical (unpaired) electrons. The molecule has 5 nitrogen and oxygen atoms in total.